The van der Waals surface area contributed by atoms with Crippen LogP contribution in [0.4, 0.5) is 23.7 Å². The van der Waals surface area contributed by atoms with Gasteiger partial charge in [-0.25, -0.2) is 18.0 Å². The molecule has 2 amide bonds. The first-order valence-electron chi connectivity index (χ1n) is 5.37. The van der Waals surface area contributed by atoms with Gasteiger partial charge in [-0.1, -0.05) is 11.6 Å². The fourth-order valence-electron chi connectivity index (χ4n) is 1.73. The van der Waals surface area contributed by atoms with E-state index in [1.807, 2.05) is 0 Å². The molecule has 3 nitrogen and oxygen atoms in total. The zero-order chi connectivity index (χ0) is 14.2. The van der Waals surface area contributed by atoms with Crippen molar-refractivity contribution in [1.82, 2.24) is 4.90 Å². The van der Waals surface area contributed by atoms with Crippen LogP contribution in [0.3, 0.4) is 0 Å². The van der Waals surface area contributed by atoms with Crippen LogP contribution in [0, 0.1) is 5.82 Å². The summed E-state index contributed by atoms with van der Waals surface area (Å²) in [6.45, 7) is -0.727. The summed E-state index contributed by atoms with van der Waals surface area (Å²) in [4.78, 5) is 12.7. The quantitative estimate of drug-likeness (QED) is 0.754. The Kier molecular flexibility index (Phi) is 3.96. The highest BCUT2D eigenvalue weighted by molar-refractivity contribution is 9.10. The number of likely N-dealkylation sites (tertiary alicyclic amines) is 1. The molecule has 1 aliphatic rings. The molecule has 0 saturated carbocycles. The number of anilines is 1. The molecule has 0 aromatic heterocycles. The van der Waals surface area contributed by atoms with E-state index in [1.54, 1.807) is 0 Å². The van der Waals surface area contributed by atoms with E-state index in [0.29, 0.717) is 4.47 Å². The van der Waals surface area contributed by atoms with Gasteiger partial charge in [0.1, 0.15) is 0 Å². The number of benzene rings is 1. The minimum atomic E-state index is -2.88. The second kappa shape index (κ2) is 5.20. The Bertz CT molecular complexity index is 527. The van der Waals surface area contributed by atoms with Gasteiger partial charge >= 0.3 is 6.03 Å². The van der Waals surface area contributed by atoms with Crippen LogP contribution in [0.15, 0.2) is 16.6 Å². The summed E-state index contributed by atoms with van der Waals surface area (Å²) in [5, 5.41) is 2.06. The maximum Gasteiger partial charge on any atom is 0.322 e. The van der Waals surface area contributed by atoms with Gasteiger partial charge in [-0.3, -0.25) is 0 Å². The van der Waals surface area contributed by atoms with Crippen molar-refractivity contribution in [3.8, 4) is 0 Å². The van der Waals surface area contributed by atoms with E-state index in [-0.39, 0.29) is 23.7 Å². The van der Waals surface area contributed by atoms with Gasteiger partial charge in [0.2, 0.25) is 0 Å². The van der Waals surface area contributed by atoms with Crippen LogP contribution < -0.4 is 5.32 Å². The molecule has 1 aromatic rings. The maximum atomic E-state index is 13.7. The van der Waals surface area contributed by atoms with E-state index >= 15 is 0 Å². The van der Waals surface area contributed by atoms with E-state index in [4.69, 9.17) is 11.6 Å². The van der Waals surface area contributed by atoms with E-state index in [0.717, 1.165) is 4.90 Å². The Balaban J connectivity index is 2.10. The number of nitrogens with one attached hydrogen (secondary N) is 1. The van der Waals surface area contributed by atoms with Gasteiger partial charge in [-0.2, -0.15) is 0 Å². The first-order chi connectivity index (χ1) is 8.80. The predicted molar refractivity (Wildman–Crippen MR) is 69.3 cm³/mol. The maximum absolute atomic E-state index is 13.7. The molecule has 0 radical (unpaired) electrons. The molecule has 1 saturated heterocycles. The summed E-state index contributed by atoms with van der Waals surface area (Å²) in [6.07, 6.45) is -0.385. The number of alkyl halides is 2. The molecule has 2 rings (SSSR count). The average Bonchev–Trinajstić information content (AvgIpc) is 2.70. The highest BCUT2D eigenvalue weighted by Crippen LogP contribution is 2.31. The largest absolute Gasteiger partial charge is 0.322 e. The zero-order valence-corrected chi connectivity index (χ0v) is 11.9. The number of carbonyl (C=O) groups is 1. The lowest BCUT2D eigenvalue weighted by Crippen LogP contribution is -2.35. The van der Waals surface area contributed by atoms with Crippen molar-refractivity contribution in [2.45, 2.75) is 12.3 Å². The third kappa shape index (κ3) is 3.14. The standard InChI is InChI=1S/C11H9BrClF3N2O/c12-6-1-2-7(9(14)8(6)13)17-10(19)18-4-3-11(15,16)5-18/h1-2H,3-5H2,(H,17,19). The molecule has 104 valence electrons. The number of rotatable bonds is 1. The Morgan fingerprint density at radius 1 is 1.47 bits per heavy atom. The average molecular weight is 358 g/mol. The summed E-state index contributed by atoms with van der Waals surface area (Å²) in [6, 6.07) is 1.99. The van der Waals surface area contributed by atoms with Crippen molar-refractivity contribution in [3.63, 3.8) is 0 Å². The van der Waals surface area contributed by atoms with Crippen molar-refractivity contribution in [2.24, 2.45) is 0 Å². The van der Waals surface area contributed by atoms with Crippen molar-refractivity contribution in [1.29, 1.82) is 0 Å². The molecule has 1 aliphatic heterocycles. The number of halogens is 5. The second-order valence-corrected chi connectivity index (χ2v) is 5.41. The molecule has 1 aromatic carbocycles. The zero-order valence-electron chi connectivity index (χ0n) is 9.52. The van der Waals surface area contributed by atoms with Crippen LogP contribution >= 0.6 is 27.5 Å². The molecular weight excluding hydrogens is 348 g/mol. The Morgan fingerprint density at radius 3 is 2.74 bits per heavy atom. The van der Waals surface area contributed by atoms with Crippen molar-refractivity contribution >= 4 is 39.2 Å². The van der Waals surface area contributed by atoms with E-state index in [9.17, 15) is 18.0 Å². The van der Waals surface area contributed by atoms with Gasteiger partial charge in [-0.15, -0.1) is 0 Å². The second-order valence-electron chi connectivity index (χ2n) is 4.18. The van der Waals surface area contributed by atoms with Gasteiger partial charge < -0.3 is 10.2 Å². The lowest BCUT2D eigenvalue weighted by atomic mass is 10.3. The van der Waals surface area contributed by atoms with Crippen LogP contribution in [0.5, 0.6) is 0 Å². The molecule has 0 atom stereocenters. The molecular formula is C11H9BrClF3N2O. The van der Waals surface area contributed by atoms with Gasteiger partial charge in [0.25, 0.3) is 5.92 Å². The number of nitrogens with zero attached hydrogens (tertiary/aromatic N) is 1. The van der Waals surface area contributed by atoms with Gasteiger partial charge in [0.05, 0.1) is 17.3 Å². The molecule has 1 fully saturated rings. The topological polar surface area (TPSA) is 32.3 Å². The summed E-state index contributed by atoms with van der Waals surface area (Å²) >= 11 is 8.70. The minimum Gasteiger partial charge on any atom is -0.318 e. The number of carbonyl (C=O) groups excluding carboxylic acids is 1. The van der Waals surface area contributed by atoms with E-state index in [2.05, 4.69) is 21.2 Å². The summed E-state index contributed by atoms with van der Waals surface area (Å²) in [5.41, 5.74) is -0.145. The van der Waals surface area contributed by atoms with Crippen molar-refractivity contribution < 1.29 is 18.0 Å². The fourth-order valence-corrected chi connectivity index (χ4v) is 2.20. The molecule has 0 spiro atoms. The highest BCUT2D eigenvalue weighted by Gasteiger charge is 2.40. The lowest BCUT2D eigenvalue weighted by Gasteiger charge is -2.17. The van der Waals surface area contributed by atoms with Crippen molar-refractivity contribution in [3.05, 3.63) is 27.4 Å². The minimum absolute atomic E-state index is 0.0648. The highest BCUT2D eigenvalue weighted by atomic mass is 79.9. The number of hydrogen-bond donors (Lipinski definition) is 1. The van der Waals surface area contributed by atoms with E-state index < -0.39 is 24.3 Å². The smallest absolute Gasteiger partial charge is 0.318 e. The Morgan fingerprint density at radius 2 is 2.16 bits per heavy atom. The molecule has 8 heteroatoms. The Labute approximate surface area is 120 Å². The Hall–Kier alpha value is -0.950. The van der Waals surface area contributed by atoms with Crippen LogP contribution in [-0.4, -0.2) is 29.9 Å². The summed E-state index contributed by atoms with van der Waals surface area (Å²) in [7, 11) is 0. The van der Waals surface area contributed by atoms with Crippen molar-refractivity contribution in [2.75, 3.05) is 18.4 Å². The van der Waals surface area contributed by atoms with Gasteiger partial charge in [0.15, 0.2) is 5.82 Å². The molecule has 0 bridgehead atoms. The van der Waals surface area contributed by atoms with Crippen LogP contribution in [0.2, 0.25) is 5.02 Å². The van der Waals surface area contributed by atoms with Crippen LogP contribution in [0.25, 0.3) is 0 Å². The molecule has 0 aliphatic carbocycles. The fraction of sp³-hybridized carbons (Fsp3) is 0.364. The monoisotopic (exact) mass is 356 g/mol. The van der Waals surface area contributed by atoms with Gasteiger partial charge in [0, 0.05) is 17.4 Å². The van der Waals surface area contributed by atoms with Crippen LogP contribution in [-0.2, 0) is 0 Å². The predicted octanol–water partition coefficient (Wildman–Crippen LogP) is 4.11. The summed E-state index contributed by atoms with van der Waals surface area (Å²) < 4.78 is 40.0. The molecule has 19 heavy (non-hydrogen) atoms. The van der Waals surface area contributed by atoms with E-state index in [1.165, 1.54) is 12.1 Å². The number of hydrogen-bond acceptors (Lipinski definition) is 1. The third-order valence-electron chi connectivity index (χ3n) is 2.73. The normalized spacial score (nSPS) is 17.6. The molecule has 1 N–H and O–H groups in total. The number of amides is 2. The van der Waals surface area contributed by atoms with Crippen LogP contribution in [0.1, 0.15) is 6.42 Å². The molecule has 1 heterocycles. The first kappa shape index (κ1) is 14.5. The SMILES string of the molecule is O=C(Nc1ccc(Br)c(Cl)c1F)N1CCC(F)(F)C1. The lowest BCUT2D eigenvalue weighted by molar-refractivity contribution is 0.0159. The number of urea groups is 1. The molecule has 0 unspecified atom stereocenters. The first-order valence-corrected chi connectivity index (χ1v) is 6.54. The van der Waals surface area contributed by atoms with Gasteiger partial charge in [-0.05, 0) is 28.1 Å². The third-order valence-corrected chi connectivity index (χ3v) is 3.99. The summed E-state index contributed by atoms with van der Waals surface area (Å²) in [5.74, 6) is -3.69.